The van der Waals surface area contributed by atoms with Crippen LogP contribution >= 0.6 is 0 Å². The second-order valence-corrected chi connectivity index (χ2v) is 4.33. The van der Waals surface area contributed by atoms with Gasteiger partial charge in [0.15, 0.2) is 0 Å². The van der Waals surface area contributed by atoms with E-state index in [1.807, 2.05) is 28.9 Å². The maximum absolute atomic E-state index is 4.96. The van der Waals surface area contributed by atoms with Crippen molar-refractivity contribution in [3.8, 4) is 0 Å². The van der Waals surface area contributed by atoms with E-state index < -0.39 is 0 Å². The zero-order chi connectivity index (χ0) is 10.9. The average Bonchev–Trinajstić information content (AvgIpc) is 2.61. The number of pyridine rings is 1. The summed E-state index contributed by atoms with van der Waals surface area (Å²) in [4.78, 5) is 0. The van der Waals surface area contributed by atoms with Gasteiger partial charge in [-0.2, -0.15) is 5.10 Å². The van der Waals surface area contributed by atoms with Gasteiger partial charge >= 0.3 is 0 Å². The fourth-order valence-electron chi connectivity index (χ4n) is 1.60. The summed E-state index contributed by atoms with van der Waals surface area (Å²) in [6.45, 7) is 4.76. The number of nitrogens with zero attached hydrogens (tertiary/aromatic N) is 2. The number of hydrogen-bond acceptors (Lipinski definition) is 2. The van der Waals surface area contributed by atoms with Crippen molar-refractivity contribution in [3.63, 3.8) is 0 Å². The summed E-state index contributed by atoms with van der Waals surface area (Å²) in [7, 11) is 3.42. The van der Waals surface area contributed by atoms with Crippen LogP contribution in [0, 0.1) is 7.11 Å². The van der Waals surface area contributed by atoms with E-state index in [-0.39, 0.29) is 38.1 Å². The van der Waals surface area contributed by atoms with Crippen LogP contribution in [-0.4, -0.2) is 16.2 Å². The van der Waals surface area contributed by atoms with E-state index in [1.54, 1.807) is 0 Å². The molecule has 1 radical (unpaired) electrons. The van der Waals surface area contributed by atoms with Gasteiger partial charge in [-0.1, -0.05) is 19.9 Å². The molecule has 4 heteroatoms. The molecule has 2 heterocycles. The summed E-state index contributed by atoms with van der Waals surface area (Å²) >= 11 is 0. The second kappa shape index (κ2) is 5.39. The zero-order valence-electron chi connectivity index (χ0n) is 9.68. The van der Waals surface area contributed by atoms with Crippen molar-refractivity contribution in [2.75, 3.05) is 6.61 Å². The molecule has 2 aromatic rings. The predicted molar refractivity (Wildman–Crippen MR) is 59.5 cm³/mol. The quantitative estimate of drug-likeness (QED) is 0.812. The summed E-state index contributed by atoms with van der Waals surface area (Å²) in [6, 6.07) is 8.09. The third kappa shape index (κ3) is 2.71. The van der Waals surface area contributed by atoms with Crippen LogP contribution in [0.5, 0.6) is 0 Å². The normalized spacial score (nSPS) is 11.4. The summed E-state index contributed by atoms with van der Waals surface area (Å²) in [6.07, 6.45) is 1.94. The van der Waals surface area contributed by atoms with Crippen molar-refractivity contribution >= 4 is 5.52 Å². The Morgan fingerprint density at radius 2 is 2.19 bits per heavy atom. The fraction of sp³-hybridized carbons (Fsp3) is 0.333. The van der Waals surface area contributed by atoms with Crippen LogP contribution < -0.4 is 0 Å². The SMILES string of the molecule is [CH2-]OCC(C)(C)c1cc2ccccn2n1.[Y]. The molecule has 0 N–H and O–H groups in total. The molecule has 0 aliphatic heterocycles. The van der Waals surface area contributed by atoms with Crippen LogP contribution in [0.1, 0.15) is 19.5 Å². The van der Waals surface area contributed by atoms with E-state index >= 15 is 0 Å². The van der Waals surface area contributed by atoms with Gasteiger partial charge in [0.25, 0.3) is 0 Å². The first-order valence-electron chi connectivity index (χ1n) is 4.95. The average molecular weight is 292 g/mol. The van der Waals surface area contributed by atoms with Crippen LogP contribution in [0.25, 0.3) is 5.52 Å². The molecule has 0 amide bonds. The van der Waals surface area contributed by atoms with Gasteiger partial charge < -0.3 is 4.74 Å². The van der Waals surface area contributed by atoms with E-state index in [0.29, 0.717) is 6.61 Å². The van der Waals surface area contributed by atoms with Crippen molar-refractivity contribution in [1.29, 1.82) is 0 Å². The molecule has 0 bridgehead atoms. The molecule has 0 unspecified atom stereocenters. The van der Waals surface area contributed by atoms with Crippen molar-refractivity contribution in [2.45, 2.75) is 19.3 Å². The molecule has 0 aliphatic rings. The first-order valence-corrected chi connectivity index (χ1v) is 4.95. The molecule has 0 saturated heterocycles. The first-order chi connectivity index (χ1) is 7.13. The van der Waals surface area contributed by atoms with E-state index in [0.717, 1.165) is 11.2 Å². The molecule has 2 aromatic heterocycles. The minimum Gasteiger partial charge on any atom is -0.554 e. The monoisotopic (exact) mass is 292 g/mol. The van der Waals surface area contributed by atoms with Gasteiger partial charge in [-0.25, -0.2) is 11.6 Å². The Bertz CT molecular complexity index is 432. The van der Waals surface area contributed by atoms with Gasteiger partial charge in [0.05, 0.1) is 11.2 Å². The second-order valence-electron chi connectivity index (χ2n) is 4.33. The van der Waals surface area contributed by atoms with Crippen LogP contribution in [0.2, 0.25) is 0 Å². The van der Waals surface area contributed by atoms with Gasteiger partial charge in [0.1, 0.15) is 0 Å². The minimum atomic E-state index is -0.103. The summed E-state index contributed by atoms with van der Waals surface area (Å²) < 4.78 is 6.83. The van der Waals surface area contributed by atoms with E-state index in [9.17, 15) is 0 Å². The Labute approximate surface area is 121 Å². The van der Waals surface area contributed by atoms with Gasteiger partial charge in [-0.15, -0.1) is 0 Å². The first kappa shape index (κ1) is 13.8. The number of fused-ring (bicyclic) bond motifs is 1. The van der Waals surface area contributed by atoms with Gasteiger partial charge in [-0.05, 0) is 18.2 Å². The third-order valence-corrected chi connectivity index (χ3v) is 2.53. The van der Waals surface area contributed by atoms with Crippen molar-refractivity contribution in [2.24, 2.45) is 0 Å². The largest absolute Gasteiger partial charge is 0.554 e. The van der Waals surface area contributed by atoms with Crippen LogP contribution in [0.4, 0.5) is 0 Å². The standard InChI is InChI=1S/C12H15N2O.Y/c1-12(2,9-15-3)11-8-10-6-4-5-7-14(10)13-11;/h4-8H,3,9H2,1-2H3;/q-1;. The zero-order valence-corrected chi connectivity index (χ0v) is 12.5. The van der Waals surface area contributed by atoms with Crippen LogP contribution in [0.15, 0.2) is 30.5 Å². The molecule has 0 atom stereocenters. The molecule has 16 heavy (non-hydrogen) atoms. The Balaban J connectivity index is 0.00000128. The van der Waals surface area contributed by atoms with Gasteiger partial charge in [0.2, 0.25) is 0 Å². The Morgan fingerprint density at radius 3 is 2.81 bits per heavy atom. The van der Waals surface area contributed by atoms with Crippen molar-refractivity contribution < 1.29 is 37.4 Å². The van der Waals surface area contributed by atoms with Crippen LogP contribution in [-0.2, 0) is 42.9 Å². The molecule has 0 aliphatic carbocycles. The number of aromatic nitrogens is 2. The Hall–Kier alpha value is -0.246. The third-order valence-electron chi connectivity index (χ3n) is 2.53. The van der Waals surface area contributed by atoms with E-state index in [2.05, 4.69) is 32.1 Å². The van der Waals surface area contributed by atoms with E-state index in [1.165, 1.54) is 0 Å². The summed E-state index contributed by atoms with van der Waals surface area (Å²) in [5.41, 5.74) is 2.02. The molecule has 0 saturated carbocycles. The number of hydrogen-bond donors (Lipinski definition) is 0. The maximum atomic E-state index is 4.96. The molecular formula is C12H15N2OY-. The summed E-state index contributed by atoms with van der Waals surface area (Å²) in [5, 5.41) is 4.51. The predicted octanol–water partition coefficient (Wildman–Crippen LogP) is 2.42. The number of rotatable bonds is 3. The Kier molecular flexibility index (Phi) is 4.66. The van der Waals surface area contributed by atoms with Gasteiger partial charge in [-0.3, -0.25) is 0 Å². The Morgan fingerprint density at radius 1 is 1.44 bits per heavy atom. The minimum absolute atomic E-state index is 0. The van der Waals surface area contributed by atoms with Crippen molar-refractivity contribution in [3.05, 3.63) is 43.3 Å². The molecule has 0 fully saturated rings. The molecule has 0 spiro atoms. The number of ether oxygens (including phenoxy) is 1. The maximum Gasteiger partial charge on any atom is 0.0713 e. The summed E-state index contributed by atoms with van der Waals surface area (Å²) in [5.74, 6) is 0. The van der Waals surface area contributed by atoms with E-state index in [4.69, 9.17) is 4.74 Å². The van der Waals surface area contributed by atoms with Gasteiger partial charge in [0, 0.05) is 50.9 Å². The smallest absolute Gasteiger partial charge is 0.0713 e. The molecular weight excluding hydrogens is 277 g/mol. The van der Waals surface area contributed by atoms with Crippen molar-refractivity contribution in [1.82, 2.24) is 9.61 Å². The van der Waals surface area contributed by atoms with Crippen LogP contribution in [0.3, 0.4) is 0 Å². The molecule has 2 rings (SSSR count). The fourth-order valence-corrected chi connectivity index (χ4v) is 1.60. The molecule has 0 aromatic carbocycles. The molecule has 83 valence electrons. The molecule has 3 nitrogen and oxygen atoms in total. The topological polar surface area (TPSA) is 26.5 Å².